The molecule has 1 fully saturated rings. The fourth-order valence-corrected chi connectivity index (χ4v) is 2.80. The molecule has 6 heteroatoms. The molecule has 0 atom stereocenters. The van der Waals surface area contributed by atoms with Crippen LogP contribution < -0.4 is 10.4 Å². The zero-order valence-corrected chi connectivity index (χ0v) is 14.0. The number of carbonyl (C=O) groups excluding carboxylic acids is 2. The molecule has 1 aromatic rings. The van der Waals surface area contributed by atoms with Gasteiger partial charge in [0.25, 0.3) is 0 Å². The van der Waals surface area contributed by atoms with E-state index in [4.69, 9.17) is 9.94 Å². The molecular weight excluding hydrogens is 308 g/mol. The molecule has 0 spiro atoms. The highest BCUT2D eigenvalue weighted by Gasteiger charge is 2.12. The Morgan fingerprint density at radius 2 is 1.62 bits per heavy atom. The first-order valence-corrected chi connectivity index (χ1v) is 8.59. The van der Waals surface area contributed by atoms with E-state index in [1.807, 2.05) is 24.3 Å². The zero-order chi connectivity index (χ0) is 17.2. The van der Waals surface area contributed by atoms with Crippen LogP contribution in [0.2, 0.25) is 0 Å². The number of unbranched alkanes of at least 4 members (excludes halogenated alkanes) is 3. The van der Waals surface area contributed by atoms with E-state index in [2.05, 4.69) is 4.90 Å². The Kier molecular flexibility index (Phi) is 7.71. The normalized spacial score (nSPS) is 14.5. The summed E-state index contributed by atoms with van der Waals surface area (Å²) in [6, 6.07) is 7.82. The molecule has 0 aliphatic carbocycles. The lowest BCUT2D eigenvalue weighted by Gasteiger charge is -2.28. The molecule has 0 bridgehead atoms. The molecule has 0 radical (unpaired) electrons. The van der Waals surface area contributed by atoms with E-state index in [1.54, 1.807) is 5.48 Å². The van der Waals surface area contributed by atoms with Crippen molar-refractivity contribution >= 4 is 17.4 Å². The third kappa shape index (κ3) is 5.94. The summed E-state index contributed by atoms with van der Waals surface area (Å²) in [7, 11) is 0. The van der Waals surface area contributed by atoms with Crippen molar-refractivity contribution in [2.45, 2.75) is 38.5 Å². The number of carbonyl (C=O) groups is 2. The summed E-state index contributed by atoms with van der Waals surface area (Å²) in [4.78, 5) is 25.3. The molecule has 1 saturated heterocycles. The Morgan fingerprint density at radius 1 is 1.00 bits per heavy atom. The van der Waals surface area contributed by atoms with Crippen LogP contribution in [0.1, 0.15) is 48.9 Å². The Bertz CT molecular complexity index is 524. The smallest absolute Gasteiger partial charge is 0.243 e. The number of Topliss-reactive ketones (excluding diaryl/α,β-unsaturated/α-hetero) is 1. The van der Waals surface area contributed by atoms with Crippen molar-refractivity contribution in [2.24, 2.45) is 0 Å². The first-order chi connectivity index (χ1) is 11.7. The Labute approximate surface area is 142 Å². The topological polar surface area (TPSA) is 78.9 Å². The highest BCUT2D eigenvalue weighted by molar-refractivity contribution is 5.96. The molecule has 132 valence electrons. The van der Waals surface area contributed by atoms with Gasteiger partial charge in [0.15, 0.2) is 5.78 Å². The number of rotatable bonds is 9. The van der Waals surface area contributed by atoms with Crippen LogP contribution in [0.4, 0.5) is 5.69 Å². The molecule has 2 N–H and O–H groups in total. The van der Waals surface area contributed by atoms with Crippen LogP contribution in [-0.4, -0.2) is 43.2 Å². The minimum atomic E-state index is -0.355. The average molecular weight is 334 g/mol. The van der Waals surface area contributed by atoms with E-state index in [0.717, 1.165) is 63.2 Å². The molecule has 24 heavy (non-hydrogen) atoms. The van der Waals surface area contributed by atoms with Crippen LogP contribution in [0.5, 0.6) is 0 Å². The lowest BCUT2D eigenvalue weighted by atomic mass is 10.0. The predicted octanol–water partition coefficient (Wildman–Crippen LogP) is 2.55. The third-order valence-corrected chi connectivity index (χ3v) is 4.25. The van der Waals surface area contributed by atoms with Gasteiger partial charge in [-0.05, 0) is 37.1 Å². The second-order valence-corrected chi connectivity index (χ2v) is 6.02. The summed E-state index contributed by atoms with van der Waals surface area (Å²) < 4.78 is 5.34. The first kappa shape index (κ1) is 18.4. The number of morpholine rings is 1. The fraction of sp³-hybridized carbons (Fsp3) is 0.556. The Morgan fingerprint density at radius 3 is 2.25 bits per heavy atom. The van der Waals surface area contributed by atoms with E-state index in [1.165, 1.54) is 0 Å². The quantitative estimate of drug-likeness (QED) is 0.314. The summed E-state index contributed by atoms with van der Waals surface area (Å²) in [5.41, 5.74) is 3.51. The summed E-state index contributed by atoms with van der Waals surface area (Å²) in [5, 5.41) is 8.39. The molecular formula is C18H26N2O4. The molecule has 1 amide bonds. The standard InChI is InChI=1S/C18H26N2O4/c21-17(5-3-1-2-4-6-18(22)19-23)15-7-9-16(10-8-15)20-11-13-24-14-12-20/h7-10,23H,1-6,11-14H2,(H,19,22). The zero-order valence-electron chi connectivity index (χ0n) is 14.0. The van der Waals surface area contributed by atoms with Crippen molar-refractivity contribution in [3.05, 3.63) is 29.8 Å². The number of benzene rings is 1. The van der Waals surface area contributed by atoms with Gasteiger partial charge in [-0.3, -0.25) is 14.8 Å². The second kappa shape index (κ2) is 10.1. The van der Waals surface area contributed by atoms with E-state index < -0.39 is 0 Å². The molecule has 1 heterocycles. The van der Waals surface area contributed by atoms with Gasteiger partial charge in [0.05, 0.1) is 13.2 Å². The largest absolute Gasteiger partial charge is 0.378 e. The van der Waals surface area contributed by atoms with Crippen LogP contribution in [0.3, 0.4) is 0 Å². The van der Waals surface area contributed by atoms with Gasteiger partial charge in [-0.25, -0.2) is 5.48 Å². The third-order valence-electron chi connectivity index (χ3n) is 4.25. The summed E-state index contributed by atoms with van der Waals surface area (Å²) in [6.07, 6.45) is 4.21. The van der Waals surface area contributed by atoms with Gasteiger partial charge >= 0.3 is 0 Å². The molecule has 1 aromatic carbocycles. The lowest BCUT2D eigenvalue weighted by Crippen LogP contribution is -2.36. The van der Waals surface area contributed by atoms with Gasteiger partial charge in [-0.2, -0.15) is 0 Å². The molecule has 0 saturated carbocycles. The maximum Gasteiger partial charge on any atom is 0.243 e. The summed E-state index contributed by atoms with van der Waals surface area (Å²) in [5.74, 6) is -0.192. The van der Waals surface area contributed by atoms with Crippen molar-refractivity contribution in [3.63, 3.8) is 0 Å². The van der Waals surface area contributed by atoms with Gasteiger partial charge in [0, 0.05) is 37.2 Å². The van der Waals surface area contributed by atoms with Gasteiger partial charge in [-0.15, -0.1) is 0 Å². The number of anilines is 1. The van der Waals surface area contributed by atoms with Crippen molar-refractivity contribution in [1.29, 1.82) is 0 Å². The minimum Gasteiger partial charge on any atom is -0.378 e. The number of hydrogen-bond acceptors (Lipinski definition) is 5. The van der Waals surface area contributed by atoms with Crippen LogP contribution in [0.25, 0.3) is 0 Å². The maximum absolute atomic E-state index is 12.2. The molecule has 0 aromatic heterocycles. The molecule has 2 rings (SSSR count). The summed E-state index contributed by atoms with van der Waals surface area (Å²) in [6.45, 7) is 3.28. The van der Waals surface area contributed by atoms with Crippen LogP contribution in [-0.2, 0) is 9.53 Å². The predicted molar refractivity (Wildman–Crippen MR) is 91.4 cm³/mol. The van der Waals surface area contributed by atoms with Crippen molar-refractivity contribution < 1.29 is 19.5 Å². The lowest BCUT2D eigenvalue weighted by molar-refractivity contribution is -0.129. The van der Waals surface area contributed by atoms with E-state index in [-0.39, 0.29) is 11.7 Å². The first-order valence-electron chi connectivity index (χ1n) is 8.59. The van der Waals surface area contributed by atoms with Crippen LogP contribution >= 0.6 is 0 Å². The van der Waals surface area contributed by atoms with Gasteiger partial charge in [0.1, 0.15) is 0 Å². The Hall–Kier alpha value is -1.92. The van der Waals surface area contributed by atoms with Gasteiger partial charge in [-0.1, -0.05) is 12.8 Å². The average Bonchev–Trinajstić information content (AvgIpc) is 2.65. The highest BCUT2D eigenvalue weighted by atomic mass is 16.5. The SMILES string of the molecule is O=C(CCCCCCC(=O)c1ccc(N2CCOCC2)cc1)NO. The maximum atomic E-state index is 12.2. The van der Waals surface area contributed by atoms with E-state index in [0.29, 0.717) is 12.8 Å². The van der Waals surface area contributed by atoms with Crippen LogP contribution in [0.15, 0.2) is 24.3 Å². The number of amides is 1. The Balaban J connectivity index is 1.67. The minimum absolute atomic E-state index is 0.164. The number of nitrogens with one attached hydrogen (secondary N) is 1. The fourth-order valence-electron chi connectivity index (χ4n) is 2.80. The molecule has 0 unspecified atom stereocenters. The van der Waals surface area contributed by atoms with E-state index in [9.17, 15) is 9.59 Å². The van der Waals surface area contributed by atoms with Crippen LogP contribution in [0, 0.1) is 0 Å². The molecule has 1 aliphatic heterocycles. The van der Waals surface area contributed by atoms with E-state index >= 15 is 0 Å². The molecule has 6 nitrogen and oxygen atoms in total. The van der Waals surface area contributed by atoms with Crippen molar-refractivity contribution in [2.75, 3.05) is 31.2 Å². The number of ether oxygens (including phenoxy) is 1. The second-order valence-electron chi connectivity index (χ2n) is 6.02. The van der Waals surface area contributed by atoms with Gasteiger partial charge < -0.3 is 9.64 Å². The number of hydroxylamine groups is 1. The van der Waals surface area contributed by atoms with Gasteiger partial charge in [0.2, 0.25) is 5.91 Å². The number of nitrogens with zero attached hydrogens (tertiary/aromatic N) is 1. The monoisotopic (exact) mass is 334 g/mol. The summed E-state index contributed by atoms with van der Waals surface area (Å²) >= 11 is 0. The molecule has 1 aliphatic rings. The van der Waals surface area contributed by atoms with Crippen molar-refractivity contribution in [3.8, 4) is 0 Å². The van der Waals surface area contributed by atoms with Crippen molar-refractivity contribution in [1.82, 2.24) is 5.48 Å². The number of hydrogen-bond donors (Lipinski definition) is 2. The number of ketones is 1. The highest BCUT2D eigenvalue weighted by Crippen LogP contribution is 2.18.